The van der Waals surface area contributed by atoms with Crippen LogP contribution in [0, 0.1) is 20.8 Å². The lowest BCUT2D eigenvalue weighted by atomic mass is 10.0. The Labute approximate surface area is 96.5 Å². The fourth-order valence-electron chi connectivity index (χ4n) is 1.73. The molecule has 3 heteroatoms. The summed E-state index contributed by atoms with van der Waals surface area (Å²) in [5.74, 6) is 0. The van der Waals surface area contributed by atoms with Gasteiger partial charge in [0.2, 0.25) is 0 Å². The van der Waals surface area contributed by atoms with E-state index in [1.165, 1.54) is 16.7 Å². The molecule has 0 N–H and O–H groups in total. The van der Waals surface area contributed by atoms with Gasteiger partial charge in [-0.3, -0.25) is 0 Å². The van der Waals surface area contributed by atoms with Gasteiger partial charge in [0.15, 0.2) is 5.17 Å². The van der Waals surface area contributed by atoms with E-state index in [-0.39, 0.29) is 0 Å². The van der Waals surface area contributed by atoms with Crippen molar-refractivity contribution in [1.29, 1.82) is 0 Å². The number of hydrazone groups is 1. The van der Waals surface area contributed by atoms with Crippen LogP contribution in [0.4, 0.5) is 0 Å². The van der Waals surface area contributed by atoms with Crippen molar-refractivity contribution in [2.45, 2.75) is 20.8 Å². The minimum absolute atomic E-state index is 0.551. The predicted molar refractivity (Wildman–Crippen MR) is 66.7 cm³/mol. The van der Waals surface area contributed by atoms with Crippen LogP contribution in [-0.4, -0.2) is 24.3 Å². The highest BCUT2D eigenvalue weighted by Gasteiger charge is 2.08. The van der Waals surface area contributed by atoms with Gasteiger partial charge in [-0.05, 0) is 31.9 Å². The molecule has 1 aromatic rings. The summed E-state index contributed by atoms with van der Waals surface area (Å²) >= 11 is 6.17. The third kappa shape index (κ3) is 2.96. The van der Waals surface area contributed by atoms with Gasteiger partial charge in [-0.25, -0.2) is 0 Å². The van der Waals surface area contributed by atoms with Crippen molar-refractivity contribution in [1.82, 2.24) is 5.01 Å². The second-order valence-electron chi connectivity index (χ2n) is 4.01. The van der Waals surface area contributed by atoms with Crippen LogP contribution in [0.2, 0.25) is 0 Å². The van der Waals surface area contributed by atoms with Gasteiger partial charge in [0.25, 0.3) is 0 Å². The zero-order valence-electron chi connectivity index (χ0n) is 9.93. The molecule has 1 aromatic carbocycles. The van der Waals surface area contributed by atoms with Crippen molar-refractivity contribution in [3.63, 3.8) is 0 Å². The van der Waals surface area contributed by atoms with Crippen LogP contribution in [-0.2, 0) is 0 Å². The Morgan fingerprint density at radius 3 is 2.00 bits per heavy atom. The average Bonchev–Trinajstić information content (AvgIpc) is 1.99. The van der Waals surface area contributed by atoms with Crippen LogP contribution in [0.25, 0.3) is 0 Å². The van der Waals surface area contributed by atoms with Crippen molar-refractivity contribution in [2.75, 3.05) is 14.1 Å². The Hall–Kier alpha value is -1.02. The highest BCUT2D eigenvalue weighted by molar-refractivity contribution is 6.69. The molecule has 0 saturated carbocycles. The van der Waals surface area contributed by atoms with Crippen molar-refractivity contribution in [2.24, 2.45) is 5.10 Å². The molecule has 2 nitrogen and oxygen atoms in total. The lowest BCUT2D eigenvalue weighted by Gasteiger charge is -2.11. The lowest BCUT2D eigenvalue weighted by Crippen LogP contribution is -2.08. The molecular formula is C12H17ClN2. The van der Waals surface area contributed by atoms with Gasteiger partial charge in [-0.1, -0.05) is 29.3 Å². The van der Waals surface area contributed by atoms with Crippen LogP contribution in [0.15, 0.2) is 17.2 Å². The standard InChI is InChI=1S/C12H17ClN2/c1-8-6-9(2)11(10(3)7-8)12(13)14-15(4)5/h6-7H,1-5H3. The number of halogens is 1. The van der Waals surface area contributed by atoms with Gasteiger partial charge in [0.1, 0.15) is 0 Å². The monoisotopic (exact) mass is 224 g/mol. The fourth-order valence-corrected chi connectivity index (χ4v) is 2.18. The molecule has 82 valence electrons. The summed E-state index contributed by atoms with van der Waals surface area (Å²) in [6.45, 7) is 6.20. The molecule has 0 aromatic heterocycles. The summed E-state index contributed by atoms with van der Waals surface area (Å²) in [4.78, 5) is 0. The zero-order chi connectivity index (χ0) is 11.6. The van der Waals surface area contributed by atoms with E-state index in [0.717, 1.165) is 5.56 Å². The average molecular weight is 225 g/mol. The minimum Gasteiger partial charge on any atom is -0.302 e. The Morgan fingerprint density at radius 1 is 1.13 bits per heavy atom. The van der Waals surface area contributed by atoms with E-state index in [2.05, 4.69) is 38.0 Å². The summed E-state index contributed by atoms with van der Waals surface area (Å²) in [7, 11) is 3.72. The van der Waals surface area contributed by atoms with Gasteiger partial charge in [0, 0.05) is 19.7 Å². The zero-order valence-corrected chi connectivity index (χ0v) is 10.7. The first kappa shape index (κ1) is 12.1. The molecule has 0 atom stereocenters. The van der Waals surface area contributed by atoms with Gasteiger partial charge >= 0.3 is 0 Å². The molecule has 0 amide bonds. The topological polar surface area (TPSA) is 15.6 Å². The van der Waals surface area contributed by atoms with E-state index in [4.69, 9.17) is 11.6 Å². The van der Waals surface area contributed by atoms with Gasteiger partial charge in [0.05, 0.1) is 0 Å². The minimum atomic E-state index is 0.551. The van der Waals surface area contributed by atoms with Crippen LogP contribution >= 0.6 is 11.6 Å². The second-order valence-corrected chi connectivity index (χ2v) is 4.37. The lowest BCUT2D eigenvalue weighted by molar-refractivity contribution is 0.439. The van der Waals surface area contributed by atoms with Gasteiger partial charge in [-0.2, -0.15) is 5.10 Å². The third-order valence-corrected chi connectivity index (χ3v) is 2.44. The van der Waals surface area contributed by atoms with Crippen molar-refractivity contribution in [3.8, 4) is 0 Å². The third-order valence-electron chi connectivity index (χ3n) is 2.17. The van der Waals surface area contributed by atoms with E-state index >= 15 is 0 Å². The number of rotatable bonds is 2. The van der Waals surface area contributed by atoms with Crippen LogP contribution < -0.4 is 0 Å². The number of hydrogen-bond acceptors (Lipinski definition) is 2. The molecule has 0 aliphatic heterocycles. The van der Waals surface area contributed by atoms with E-state index in [9.17, 15) is 0 Å². The van der Waals surface area contributed by atoms with Gasteiger partial charge < -0.3 is 5.01 Å². The SMILES string of the molecule is Cc1cc(C)c(C(Cl)=NN(C)C)c(C)c1. The highest BCUT2D eigenvalue weighted by atomic mass is 35.5. The van der Waals surface area contributed by atoms with Crippen LogP contribution in [0.3, 0.4) is 0 Å². The number of hydrogen-bond donors (Lipinski definition) is 0. The Kier molecular flexibility index (Phi) is 3.75. The van der Waals surface area contributed by atoms with E-state index in [0.29, 0.717) is 5.17 Å². The molecular weight excluding hydrogens is 208 g/mol. The molecule has 0 unspecified atom stereocenters. The summed E-state index contributed by atoms with van der Waals surface area (Å²) in [5, 5.41) is 6.47. The Morgan fingerprint density at radius 2 is 1.60 bits per heavy atom. The maximum absolute atomic E-state index is 6.17. The molecule has 0 bridgehead atoms. The molecule has 15 heavy (non-hydrogen) atoms. The number of nitrogens with zero attached hydrogens (tertiary/aromatic N) is 2. The first-order chi connectivity index (χ1) is 6.91. The van der Waals surface area contributed by atoms with Crippen LogP contribution in [0.1, 0.15) is 22.3 Å². The normalized spacial score (nSPS) is 11.7. The fraction of sp³-hybridized carbons (Fsp3) is 0.417. The van der Waals surface area contributed by atoms with E-state index in [1.807, 2.05) is 14.1 Å². The Balaban J connectivity index is 3.26. The molecule has 0 aliphatic carbocycles. The Bertz CT molecular complexity index is 372. The molecule has 0 radical (unpaired) electrons. The summed E-state index contributed by atoms with van der Waals surface area (Å²) < 4.78 is 0. The first-order valence-electron chi connectivity index (χ1n) is 4.91. The van der Waals surface area contributed by atoms with E-state index in [1.54, 1.807) is 5.01 Å². The first-order valence-corrected chi connectivity index (χ1v) is 5.29. The second kappa shape index (κ2) is 4.67. The maximum Gasteiger partial charge on any atom is 0.156 e. The van der Waals surface area contributed by atoms with Crippen molar-refractivity contribution >= 4 is 16.8 Å². The largest absolute Gasteiger partial charge is 0.302 e. The summed E-state index contributed by atoms with van der Waals surface area (Å²) in [5.41, 5.74) is 4.63. The molecule has 0 spiro atoms. The molecule has 0 saturated heterocycles. The molecule has 0 aliphatic rings. The highest BCUT2D eigenvalue weighted by Crippen LogP contribution is 2.19. The summed E-state index contributed by atoms with van der Waals surface area (Å²) in [6, 6.07) is 4.24. The number of aryl methyl sites for hydroxylation is 3. The molecule has 0 heterocycles. The quantitative estimate of drug-likeness (QED) is 0.557. The summed E-state index contributed by atoms with van der Waals surface area (Å²) in [6.07, 6.45) is 0. The number of benzene rings is 1. The van der Waals surface area contributed by atoms with Gasteiger partial charge in [-0.15, -0.1) is 0 Å². The molecule has 1 rings (SSSR count). The maximum atomic E-state index is 6.17. The smallest absolute Gasteiger partial charge is 0.156 e. The van der Waals surface area contributed by atoms with E-state index < -0.39 is 0 Å². The predicted octanol–water partition coefficient (Wildman–Crippen LogP) is 3.07. The van der Waals surface area contributed by atoms with Crippen LogP contribution in [0.5, 0.6) is 0 Å². The molecule has 0 fully saturated rings. The van der Waals surface area contributed by atoms with Crippen molar-refractivity contribution < 1.29 is 0 Å². The van der Waals surface area contributed by atoms with Crippen molar-refractivity contribution in [3.05, 3.63) is 34.4 Å².